The van der Waals surface area contributed by atoms with Crippen molar-refractivity contribution < 1.29 is 9.59 Å². The normalized spacial score (nSPS) is 16.8. The fourth-order valence-corrected chi connectivity index (χ4v) is 3.16. The molecular weight excluding hydrogens is 312 g/mol. The molecule has 1 aliphatic carbocycles. The van der Waals surface area contributed by atoms with Gasteiger partial charge in [-0.25, -0.2) is 0 Å². The van der Waals surface area contributed by atoms with Crippen molar-refractivity contribution in [2.75, 3.05) is 0 Å². The highest BCUT2D eigenvalue weighted by atomic mass is 16.2. The molecule has 4 heteroatoms. The van der Waals surface area contributed by atoms with Crippen molar-refractivity contribution in [3.63, 3.8) is 0 Å². The molecule has 2 atom stereocenters. The lowest BCUT2D eigenvalue weighted by molar-refractivity contribution is -0.132. The smallest absolute Gasteiger partial charge is 0.242 e. The number of aryl methyl sites for hydroxylation is 1. The third-order valence-corrected chi connectivity index (χ3v) is 5.07. The second kappa shape index (κ2) is 9.02. The molecule has 2 amide bonds. The Kier molecular flexibility index (Phi) is 7.03. The Bertz CT molecular complexity index is 576. The number of rotatable bonds is 8. The zero-order valence-corrected chi connectivity index (χ0v) is 16.0. The summed E-state index contributed by atoms with van der Waals surface area (Å²) in [5.41, 5.74) is 2.43. The predicted molar refractivity (Wildman–Crippen MR) is 101 cm³/mol. The van der Waals surface area contributed by atoms with E-state index in [4.69, 9.17) is 0 Å². The zero-order chi connectivity index (χ0) is 18.4. The summed E-state index contributed by atoms with van der Waals surface area (Å²) in [6, 6.07) is 7.94. The number of carbonyl (C=O) groups is 2. The standard InChI is InChI=1S/C21H32N2O2/c1-5-7-16-10-12-17(13-11-16)19(14(2)3)23-20(24)15(4)22-21(25)18-8-6-9-18/h10-15,18-19H,5-9H2,1-4H3,(H,22,25)(H,23,24). The van der Waals surface area contributed by atoms with Crippen molar-refractivity contribution >= 4 is 11.8 Å². The van der Waals surface area contributed by atoms with Crippen molar-refractivity contribution in [3.05, 3.63) is 35.4 Å². The molecule has 1 fully saturated rings. The molecule has 0 radical (unpaired) electrons. The molecule has 0 bridgehead atoms. The van der Waals surface area contributed by atoms with Gasteiger partial charge in [-0.2, -0.15) is 0 Å². The molecule has 2 rings (SSSR count). The van der Waals surface area contributed by atoms with Crippen LogP contribution in [0, 0.1) is 11.8 Å². The quantitative estimate of drug-likeness (QED) is 0.754. The molecular formula is C21H32N2O2. The molecule has 1 aliphatic rings. The Morgan fingerprint density at radius 1 is 1.08 bits per heavy atom. The van der Waals surface area contributed by atoms with Crippen LogP contribution in [-0.2, 0) is 16.0 Å². The molecule has 0 heterocycles. The number of hydrogen-bond acceptors (Lipinski definition) is 2. The highest BCUT2D eigenvalue weighted by molar-refractivity contribution is 5.88. The Hall–Kier alpha value is -1.84. The molecule has 0 aliphatic heterocycles. The van der Waals surface area contributed by atoms with E-state index in [1.54, 1.807) is 6.92 Å². The summed E-state index contributed by atoms with van der Waals surface area (Å²) in [7, 11) is 0. The Labute approximate surface area is 151 Å². The van der Waals surface area contributed by atoms with E-state index in [2.05, 4.69) is 55.7 Å². The van der Waals surface area contributed by atoms with Crippen molar-refractivity contribution in [1.82, 2.24) is 10.6 Å². The van der Waals surface area contributed by atoms with Gasteiger partial charge in [0.25, 0.3) is 0 Å². The van der Waals surface area contributed by atoms with Crippen molar-refractivity contribution in [2.45, 2.75) is 71.9 Å². The molecule has 1 aromatic carbocycles. The SMILES string of the molecule is CCCc1ccc(C(NC(=O)C(C)NC(=O)C2CCC2)C(C)C)cc1. The molecule has 1 aromatic rings. The lowest BCUT2D eigenvalue weighted by Gasteiger charge is -2.28. The highest BCUT2D eigenvalue weighted by Gasteiger charge is 2.28. The van der Waals surface area contributed by atoms with Crippen LogP contribution >= 0.6 is 0 Å². The molecule has 4 nitrogen and oxygen atoms in total. The van der Waals surface area contributed by atoms with Gasteiger partial charge in [-0.1, -0.05) is 57.9 Å². The van der Waals surface area contributed by atoms with Crippen LogP contribution in [0.3, 0.4) is 0 Å². The summed E-state index contributed by atoms with van der Waals surface area (Å²) < 4.78 is 0. The molecule has 0 spiro atoms. The third-order valence-electron chi connectivity index (χ3n) is 5.07. The van der Waals surface area contributed by atoms with Crippen LogP contribution < -0.4 is 10.6 Å². The van der Waals surface area contributed by atoms with Crippen LogP contribution in [0.2, 0.25) is 0 Å². The Morgan fingerprint density at radius 3 is 2.20 bits per heavy atom. The van der Waals surface area contributed by atoms with E-state index in [1.807, 2.05) is 0 Å². The van der Waals surface area contributed by atoms with Gasteiger partial charge in [0.2, 0.25) is 11.8 Å². The second-order valence-corrected chi connectivity index (χ2v) is 7.58. The number of benzene rings is 1. The van der Waals surface area contributed by atoms with Crippen LogP contribution in [0.4, 0.5) is 0 Å². The summed E-state index contributed by atoms with van der Waals surface area (Å²) >= 11 is 0. The summed E-state index contributed by atoms with van der Waals surface area (Å²) in [5.74, 6) is 0.265. The molecule has 25 heavy (non-hydrogen) atoms. The van der Waals surface area contributed by atoms with E-state index >= 15 is 0 Å². The van der Waals surface area contributed by atoms with Crippen LogP contribution in [0.1, 0.15) is 70.5 Å². The van der Waals surface area contributed by atoms with Gasteiger partial charge in [0.1, 0.15) is 6.04 Å². The topological polar surface area (TPSA) is 58.2 Å². The van der Waals surface area contributed by atoms with Crippen molar-refractivity contribution in [1.29, 1.82) is 0 Å². The lowest BCUT2D eigenvalue weighted by Crippen LogP contribution is -2.49. The Balaban J connectivity index is 1.97. The molecule has 138 valence electrons. The van der Waals surface area contributed by atoms with Gasteiger partial charge in [-0.05, 0) is 43.2 Å². The van der Waals surface area contributed by atoms with Gasteiger partial charge in [-0.3, -0.25) is 9.59 Å². The molecule has 2 N–H and O–H groups in total. The predicted octanol–water partition coefficient (Wildman–Crippen LogP) is 3.76. The molecule has 2 unspecified atom stereocenters. The summed E-state index contributed by atoms with van der Waals surface area (Å²) in [6.07, 6.45) is 5.20. The summed E-state index contributed by atoms with van der Waals surface area (Å²) in [4.78, 5) is 24.6. The summed E-state index contributed by atoms with van der Waals surface area (Å²) in [5, 5.41) is 5.96. The first kappa shape index (κ1) is 19.5. The number of amides is 2. The van der Waals surface area contributed by atoms with Crippen LogP contribution in [0.15, 0.2) is 24.3 Å². The van der Waals surface area contributed by atoms with Crippen LogP contribution in [0.25, 0.3) is 0 Å². The van der Waals surface area contributed by atoms with E-state index in [0.717, 1.165) is 37.7 Å². The van der Waals surface area contributed by atoms with E-state index < -0.39 is 6.04 Å². The second-order valence-electron chi connectivity index (χ2n) is 7.58. The minimum absolute atomic E-state index is 0.0129. The Morgan fingerprint density at radius 2 is 1.72 bits per heavy atom. The average Bonchev–Trinajstić information content (AvgIpc) is 2.51. The fourth-order valence-electron chi connectivity index (χ4n) is 3.16. The van der Waals surface area contributed by atoms with Gasteiger partial charge in [0, 0.05) is 5.92 Å². The van der Waals surface area contributed by atoms with Crippen LogP contribution in [0.5, 0.6) is 0 Å². The van der Waals surface area contributed by atoms with Gasteiger partial charge in [-0.15, -0.1) is 0 Å². The average molecular weight is 344 g/mol. The van der Waals surface area contributed by atoms with E-state index in [-0.39, 0.29) is 29.7 Å². The summed E-state index contributed by atoms with van der Waals surface area (Å²) in [6.45, 7) is 8.13. The van der Waals surface area contributed by atoms with Gasteiger partial charge in [0.05, 0.1) is 6.04 Å². The third kappa shape index (κ3) is 5.32. The van der Waals surface area contributed by atoms with Gasteiger partial charge < -0.3 is 10.6 Å². The maximum absolute atomic E-state index is 12.5. The van der Waals surface area contributed by atoms with Crippen LogP contribution in [-0.4, -0.2) is 17.9 Å². The van der Waals surface area contributed by atoms with Gasteiger partial charge in [0.15, 0.2) is 0 Å². The monoisotopic (exact) mass is 344 g/mol. The maximum Gasteiger partial charge on any atom is 0.242 e. The first-order chi connectivity index (χ1) is 11.9. The molecule has 0 saturated heterocycles. The fraction of sp³-hybridized carbons (Fsp3) is 0.619. The first-order valence-corrected chi connectivity index (χ1v) is 9.62. The van der Waals surface area contributed by atoms with E-state index in [1.165, 1.54) is 5.56 Å². The highest BCUT2D eigenvalue weighted by Crippen LogP contribution is 2.26. The van der Waals surface area contributed by atoms with E-state index in [0.29, 0.717) is 0 Å². The molecule has 0 aromatic heterocycles. The minimum atomic E-state index is -0.506. The number of hydrogen-bond donors (Lipinski definition) is 2. The number of carbonyl (C=O) groups excluding carboxylic acids is 2. The molecule has 1 saturated carbocycles. The first-order valence-electron chi connectivity index (χ1n) is 9.62. The largest absolute Gasteiger partial charge is 0.347 e. The van der Waals surface area contributed by atoms with E-state index in [9.17, 15) is 9.59 Å². The van der Waals surface area contributed by atoms with Gasteiger partial charge >= 0.3 is 0 Å². The zero-order valence-electron chi connectivity index (χ0n) is 16.0. The minimum Gasteiger partial charge on any atom is -0.347 e. The van der Waals surface area contributed by atoms with Crippen molar-refractivity contribution in [2.24, 2.45) is 11.8 Å². The maximum atomic E-state index is 12.5. The lowest BCUT2D eigenvalue weighted by atomic mass is 9.84. The number of nitrogens with one attached hydrogen (secondary N) is 2. The van der Waals surface area contributed by atoms with Crippen molar-refractivity contribution in [3.8, 4) is 0 Å².